The Labute approximate surface area is 227 Å². The molecule has 0 bridgehead atoms. The van der Waals surface area contributed by atoms with E-state index in [4.69, 9.17) is 4.42 Å². The Morgan fingerprint density at radius 2 is 2.08 bits per heavy atom. The molecule has 1 amide bonds. The second kappa shape index (κ2) is 11.1. The first-order chi connectivity index (χ1) is 19.1. The van der Waals surface area contributed by atoms with Gasteiger partial charge in [-0.25, -0.2) is 9.37 Å². The van der Waals surface area contributed by atoms with Crippen LogP contribution in [0.1, 0.15) is 28.4 Å². The van der Waals surface area contributed by atoms with Gasteiger partial charge in [0.15, 0.2) is 11.3 Å². The zero-order valence-corrected chi connectivity index (χ0v) is 21.6. The number of nitrogens with zero attached hydrogens (tertiary/aromatic N) is 3. The Hall–Kier alpha value is -4.25. The molecule has 2 N–H and O–H groups in total. The molecule has 0 unspecified atom stereocenters. The van der Waals surface area contributed by atoms with Crippen molar-refractivity contribution in [3.63, 3.8) is 0 Å². The number of anilines is 1. The normalized spacial score (nSPS) is 18.4. The van der Waals surface area contributed by atoms with Gasteiger partial charge in [-0.3, -0.25) is 9.78 Å². The number of pyridine rings is 2. The number of carbonyl (C=O) groups excluding carboxylic acids is 1. The van der Waals surface area contributed by atoms with Crippen molar-refractivity contribution < 1.29 is 26.8 Å². The molecule has 1 aromatic carbocycles. The summed E-state index contributed by atoms with van der Waals surface area (Å²) in [5, 5.41) is 7.33. The van der Waals surface area contributed by atoms with E-state index in [-0.39, 0.29) is 35.6 Å². The summed E-state index contributed by atoms with van der Waals surface area (Å²) < 4.78 is 61.3. The van der Waals surface area contributed by atoms with Crippen LogP contribution in [-0.4, -0.2) is 65.8 Å². The van der Waals surface area contributed by atoms with Gasteiger partial charge in [-0.05, 0) is 43.8 Å². The number of furan rings is 1. The SMILES string of the molecule is C=C(c1nc(/C=C/CNC(=O)c2cc3ccncc3o2)cc2c(N[C@@H]3CCN(C)C[C@@H]3F)cccc12)C(F)(F)F. The largest absolute Gasteiger partial charge is 0.449 e. The number of carbonyl (C=O) groups is 1. The van der Waals surface area contributed by atoms with Crippen LogP contribution in [0.15, 0.2) is 65.9 Å². The molecule has 0 spiro atoms. The van der Waals surface area contributed by atoms with Gasteiger partial charge in [-0.2, -0.15) is 13.2 Å². The average molecular weight is 554 g/mol. The van der Waals surface area contributed by atoms with Gasteiger partial charge in [0.1, 0.15) is 6.17 Å². The number of hydrogen-bond acceptors (Lipinski definition) is 6. The predicted octanol–water partition coefficient (Wildman–Crippen LogP) is 5.85. The highest BCUT2D eigenvalue weighted by atomic mass is 19.4. The molecule has 1 fully saturated rings. The van der Waals surface area contributed by atoms with Crippen LogP contribution >= 0.6 is 0 Å². The molecule has 0 saturated carbocycles. The minimum absolute atomic E-state index is 0.0718. The van der Waals surface area contributed by atoms with E-state index >= 15 is 0 Å². The first-order valence-corrected chi connectivity index (χ1v) is 12.7. The Morgan fingerprint density at radius 3 is 2.83 bits per heavy atom. The maximum Gasteiger partial charge on any atom is 0.417 e. The lowest BCUT2D eigenvalue weighted by atomic mass is 9.99. The summed E-state index contributed by atoms with van der Waals surface area (Å²) in [6.07, 6.45) is 0.903. The van der Waals surface area contributed by atoms with E-state index in [9.17, 15) is 22.4 Å². The number of fused-ring (bicyclic) bond motifs is 2. The summed E-state index contributed by atoms with van der Waals surface area (Å²) in [5.41, 5.74) is -0.180. The second-order valence-corrected chi connectivity index (χ2v) is 9.73. The van der Waals surface area contributed by atoms with E-state index in [0.717, 1.165) is 5.39 Å². The second-order valence-electron chi connectivity index (χ2n) is 9.73. The Morgan fingerprint density at radius 1 is 1.25 bits per heavy atom. The lowest BCUT2D eigenvalue weighted by Crippen LogP contribution is -2.46. The van der Waals surface area contributed by atoms with Crippen molar-refractivity contribution in [2.75, 3.05) is 32.0 Å². The summed E-state index contributed by atoms with van der Waals surface area (Å²) in [5.74, 6) is -0.344. The van der Waals surface area contributed by atoms with Gasteiger partial charge in [0.05, 0.1) is 29.2 Å². The molecule has 11 heteroatoms. The van der Waals surface area contributed by atoms with Crippen LogP contribution in [0.4, 0.5) is 23.2 Å². The van der Waals surface area contributed by atoms with Crippen LogP contribution in [0, 0.1) is 0 Å². The topological polar surface area (TPSA) is 83.3 Å². The molecule has 4 aromatic rings. The number of amides is 1. The van der Waals surface area contributed by atoms with Crippen LogP contribution in [0.3, 0.4) is 0 Å². The number of likely N-dealkylation sites (tertiary alicyclic amines) is 1. The fourth-order valence-electron chi connectivity index (χ4n) is 4.71. The molecule has 40 heavy (non-hydrogen) atoms. The molecule has 3 aromatic heterocycles. The van der Waals surface area contributed by atoms with E-state index in [1.807, 2.05) is 11.9 Å². The lowest BCUT2D eigenvalue weighted by molar-refractivity contribution is -0.0688. The number of aromatic nitrogens is 2. The maximum atomic E-state index is 14.7. The third kappa shape index (κ3) is 5.84. The zero-order chi connectivity index (χ0) is 28.4. The molecule has 5 rings (SSSR count). The quantitative estimate of drug-likeness (QED) is 0.280. The van der Waals surface area contributed by atoms with Crippen LogP contribution in [-0.2, 0) is 0 Å². The molecule has 2 atom stereocenters. The fraction of sp³-hybridized carbons (Fsp3) is 0.276. The molecular formula is C29H27F4N5O2. The number of halogens is 4. The molecular weight excluding hydrogens is 526 g/mol. The Bertz CT molecular complexity index is 1560. The summed E-state index contributed by atoms with van der Waals surface area (Å²) in [6.45, 7) is 4.29. The molecule has 1 aliphatic rings. The lowest BCUT2D eigenvalue weighted by Gasteiger charge is -2.33. The molecule has 208 valence electrons. The average Bonchev–Trinajstić information content (AvgIpc) is 3.36. The molecule has 4 heterocycles. The van der Waals surface area contributed by atoms with Gasteiger partial charge >= 0.3 is 6.18 Å². The van der Waals surface area contributed by atoms with Crippen molar-refractivity contribution in [3.8, 4) is 0 Å². The van der Waals surface area contributed by atoms with E-state index in [0.29, 0.717) is 29.6 Å². The first-order valence-electron chi connectivity index (χ1n) is 12.7. The van der Waals surface area contributed by atoms with Crippen molar-refractivity contribution in [3.05, 3.63) is 78.6 Å². The van der Waals surface area contributed by atoms with Crippen LogP contribution in [0.25, 0.3) is 33.4 Å². The minimum atomic E-state index is -4.69. The highest BCUT2D eigenvalue weighted by Crippen LogP contribution is 2.37. The van der Waals surface area contributed by atoms with E-state index < -0.39 is 29.9 Å². The van der Waals surface area contributed by atoms with Gasteiger partial charge in [0, 0.05) is 47.7 Å². The fourth-order valence-corrected chi connectivity index (χ4v) is 4.71. The third-order valence-corrected chi connectivity index (χ3v) is 6.82. The number of nitrogens with one attached hydrogen (secondary N) is 2. The van der Waals surface area contributed by atoms with Gasteiger partial charge < -0.3 is 20.0 Å². The van der Waals surface area contributed by atoms with Crippen molar-refractivity contribution in [1.29, 1.82) is 0 Å². The molecule has 7 nitrogen and oxygen atoms in total. The number of hydrogen-bond donors (Lipinski definition) is 2. The first kappa shape index (κ1) is 27.3. The number of rotatable bonds is 7. The minimum Gasteiger partial charge on any atom is -0.449 e. The van der Waals surface area contributed by atoms with E-state index in [1.54, 1.807) is 42.6 Å². The van der Waals surface area contributed by atoms with Crippen molar-refractivity contribution in [2.45, 2.75) is 24.8 Å². The van der Waals surface area contributed by atoms with Crippen LogP contribution < -0.4 is 10.6 Å². The molecule has 1 aliphatic heterocycles. The summed E-state index contributed by atoms with van der Waals surface area (Å²) >= 11 is 0. The highest BCUT2D eigenvalue weighted by molar-refractivity contribution is 6.01. The highest BCUT2D eigenvalue weighted by Gasteiger charge is 2.35. The van der Waals surface area contributed by atoms with Gasteiger partial charge in [-0.1, -0.05) is 24.8 Å². The van der Waals surface area contributed by atoms with Gasteiger partial charge in [0.25, 0.3) is 5.91 Å². The monoisotopic (exact) mass is 553 g/mol. The van der Waals surface area contributed by atoms with Crippen LogP contribution in [0.5, 0.6) is 0 Å². The molecule has 1 saturated heterocycles. The smallest absolute Gasteiger partial charge is 0.417 e. The summed E-state index contributed by atoms with van der Waals surface area (Å²) in [7, 11) is 1.84. The Balaban J connectivity index is 1.41. The number of benzene rings is 1. The summed E-state index contributed by atoms with van der Waals surface area (Å²) in [4.78, 5) is 22.6. The predicted molar refractivity (Wildman–Crippen MR) is 147 cm³/mol. The molecule has 0 radical (unpaired) electrons. The maximum absolute atomic E-state index is 14.7. The number of allylic oxidation sites excluding steroid dienone is 1. The van der Waals surface area contributed by atoms with E-state index in [1.165, 1.54) is 18.3 Å². The van der Waals surface area contributed by atoms with E-state index in [2.05, 4.69) is 27.2 Å². The zero-order valence-electron chi connectivity index (χ0n) is 21.6. The third-order valence-electron chi connectivity index (χ3n) is 6.82. The van der Waals surface area contributed by atoms with Gasteiger partial charge in [-0.15, -0.1) is 0 Å². The van der Waals surface area contributed by atoms with Gasteiger partial charge in [0.2, 0.25) is 0 Å². The standard InChI is InChI=1S/C29H27F4N5O2/c1-17(29(31,32)33)27-20-6-3-7-23(37-24-9-12-38(2)16-22(24)30)21(20)14-19(36-27)5-4-10-35-28(39)25-13-18-8-11-34-15-26(18)40-25/h3-8,11,13-15,22,24,37H,1,9-10,12,16H2,2H3,(H,35,39)/b5-4+/t22-,24+/m0/s1. The Kier molecular flexibility index (Phi) is 7.57. The number of alkyl halides is 4. The van der Waals surface area contributed by atoms with Crippen molar-refractivity contribution >= 4 is 45.0 Å². The van der Waals surface area contributed by atoms with Crippen molar-refractivity contribution in [2.24, 2.45) is 0 Å². The molecule has 0 aliphatic carbocycles. The van der Waals surface area contributed by atoms with Crippen LogP contribution in [0.2, 0.25) is 0 Å². The number of piperidine rings is 1. The summed E-state index contributed by atoms with van der Waals surface area (Å²) in [6, 6.07) is 9.33. The van der Waals surface area contributed by atoms with Crippen molar-refractivity contribution in [1.82, 2.24) is 20.2 Å².